The molecule has 1 rings (SSSR count). The van der Waals surface area contributed by atoms with Crippen molar-refractivity contribution < 1.29 is 9.90 Å². The molecule has 0 spiro atoms. The van der Waals surface area contributed by atoms with Crippen molar-refractivity contribution >= 4 is 5.91 Å². The Morgan fingerprint density at radius 2 is 1.47 bits per heavy atom. The van der Waals surface area contributed by atoms with Crippen molar-refractivity contribution in [2.75, 3.05) is 39.3 Å². The number of hydrogen-bond acceptors (Lipinski definition) is 3. The van der Waals surface area contributed by atoms with Gasteiger partial charge in [-0.25, -0.2) is 0 Å². The number of allylic oxidation sites excluding steroid dienone is 6. The Bertz CT molecular complexity index is 580. The van der Waals surface area contributed by atoms with Crippen LogP contribution in [0.4, 0.5) is 0 Å². The maximum Gasteiger partial charge on any atom is 0.222 e. The van der Waals surface area contributed by atoms with Crippen molar-refractivity contribution in [3.05, 3.63) is 34.9 Å². The smallest absolute Gasteiger partial charge is 0.222 e. The van der Waals surface area contributed by atoms with E-state index in [-0.39, 0.29) is 6.61 Å². The summed E-state index contributed by atoms with van der Waals surface area (Å²) < 4.78 is 0. The number of amides is 1. The third-order valence-corrected chi connectivity index (χ3v) is 5.94. The highest BCUT2D eigenvalue weighted by Crippen LogP contribution is 2.16. The van der Waals surface area contributed by atoms with Crippen molar-refractivity contribution in [1.82, 2.24) is 9.80 Å². The fourth-order valence-electron chi connectivity index (χ4n) is 3.84. The SMILES string of the molecule is CC(C)=CCCC(C)=CCCC(C)=CCCC(C)CC(=O)N1CCN(CCO)CC1. The number of carbonyl (C=O) groups excluding carboxylic acids is 1. The molecule has 1 atom stereocenters. The molecule has 1 unspecified atom stereocenters. The fourth-order valence-corrected chi connectivity index (χ4v) is 3.84. The molecule has 1 aliphatic rings. The van der Waals surface area contributed by atoms with E-state index >= 15 is 0 Å². The predicted octanol–water partition coefficient (Wildman–Crippen LogP) is 5.35. The lowest BCUT2D eigenvalue weighted by molar-refractivity contribution is -0.133. The van der Waals surface area contributed by atoms with Crippen LogP contribution in [0.15, 0.2) is 34.9 Å². The first-order chi connectivity index (χ1) is 14.3. The zero-order chi connectivity index (χ0) is 22.4. The van der Waals surface area contributed by atoms with Gasteiger partial charge in [0.2, 0.25) is 5.91 Å². The molecular weight excluding hydrogens is 372 g/mol. The number of piperazine rings is 1. The van der Waals surface area contributed by atoms with Crippen molar-refractivity contribution in [3.8, 4) is 0 Å². The maximum absolute atomic E-state index is 12.5. The Morgan fingerprint density at radius 1 is 0.900 bits per heavy atom. The van der Waals surface area contributed by atoms with E-state index in [1.165, 1.54) is 16.7 Å². The number of rotatable bonds is 13. The van der Waals surface area contributed by atoms with Crippen LogP contribution >= 0.6 is 0 Å². The quantitative estimate of drug-likeness (QED) is 0.410. The summed E-state index contributed by atoms with van der Waals surface area (Å²) >= 11 is 0. The predicted molar refractivity (Wildman–Crippen MR) is 129 cm³/mol. The molecule has 1 amide bonds. The highest BCUT2D eigenvalue weighted by Gasteiger charge is 2.21. The first-order valence-electron chi connectivity index (χ1n) is 11.9. The van der Waals surface area contributed by atoms with Crippen molar-refractivity contribution in [1.29, 1.82) is 0 Å². The lowest BCUT2D eigenvalue weighted by atomic mass is 9.99. The van der Waals surface area contributed by atoms with Gasteiger partial charge in [-0.15, -0.1) is 0 Å². The van der Waals surface area contributed by atoms with Crippen molar-refractivity contribution in [2.24, 2.45) is 5.92 Å². The van der Waals surface area contributed by atoms with Crippen LogP contribution in [0.3, 0.4) is 0 Å². The minimum absolute atomic E-state index is 0.198. The zero-order valence-electron chi connectivity index (χ0n) is 20.3. The van der Waals surface area contributed by atoms with Gasteiger partial charge < -0.3 is 10.0 Å². The lowest BCUT2D eigenvalue weighted by Crippen LogP contribution is -2.49. The molecule has 4 nitrogen and oxygen atoms in total. The van der Waals surface area contributed by atoms with E-state index in [0.717, 1.165) is 71.2 Å². The molecule has 4 heteroatoms. The van der Waals surface area contributed by atoms with Crippen LogP contribution in [0.5, 0.6) is 0 Å². The molecule has 0 aromatic heterocycles. The molecule has 0 saturated carbocycles. The molecule has 0 radical (unpaired) electrons. The second kappa shape index (κ2) is 15.4. The molecule has 0 aromatic rings. The second-order valence-corrected chi connectivity index (χ2v) is 9.29. The standard InChI is InChI=1S/C26H46N2O2/c1-22(2)9-6-10-23(3)11-7-12-24(4)13-8-14-25(5)21-26(30)28-17-15-27(16-18-28)19-20-29/h9,11,13,25,29H,6-8,10,12,14-21H2,1-5H3. The first-order valence-corrected chi connectivity index (χ1v) is 11.9. The zero-order valence-corrected chi connectivity index (χ0v) is 20.3. The number of hydrogen-bond donors (Lipinski definition) is 1. The van der Waals surface area contributed by atoms with Gasteiger partial charge in [-0.1, -0.05) is 41.9 Å². The van der Waals surface area contributed by atoms with Crippen LogP contribution in [0.1, 0.15) is 79.6 Å². The van der Waals surface area contributed by atoms with E-state index in [4.69, 9.17) is 5.11 Å². The average molecular weight is 419 g/mol. The van der Waals surface area contributed by atoms with Gasteiger partial charge in [0.05, 0.1) is 6.61 Å². The number of aliphatic hydroxyl groups excluding tert-OH is 1. The van der Waals surface area contributed by atoms with Gasteiger partial charge in [0.15, 0.2) is 0 Å². The average Bonchev–Trinajstić information content (AvgIpc) is 2.68. The summed E-state index contributed by atoms with van der Waals surface area (Å²) in [5.41, 5.74) is 4.35. The minimum atomic E-state index is 0.198. The van der Waals surface area contributed by atoms with E-state index < -0.39 is 0 Å². The van der Waals surface area contributed by atoms with Gasteiger partial charge in [-0.2, -0.15) is 0 Å². The summed E-state index contributed by atoms with van der Waals surface area (Å²) in [6.07, 6.45) is 14.4. The normalized spacial score (nSPS) is 17.2. The van der Waals surface area contributed by atoms with Gasteiger partial charge in [0.25, 0.3) is 0 Å². The van der Waals surface area contributed by atoms with Gasteiger partial charge in [-0.3, -0.25) is 9.69 Å². The molecule has 1 aliphatic heterocycles. The van der Waals surface area contributed by atoms with Gasteiger partial charge in [-0.05, 0) is 72.1 Å². The van der Waals surface area contributed by atoms with Crippen LogP contribution in [0.2, 0.25) is 0 Å². The Kier molecular flexibility index (Phi) is 13.7. The van der Waals surface area contributed by atoms with E-state index in [2.05, 4.69) is 57.7 Å². The Labute approximate surface area is 185 Å². The lowest BCUT2D eigenvalue weighted by Gasteiger charge is -2.34. The monoisotopic (exact) mass is 418 g/mol. The van der Waals surface area contributed by atoms with Crippen LogP contribution < -0.4 is 0 Å². The Balaban J connectivity index is 2.21. The Hall–Kier alpha value is -1.39. The van der Waals surface area contributed by atoms with E-state index in [1.807, 2.05) is 4.90 Å². The summed E-state index contributed by atoms with van der Waals surface area (Å²) in [6.45, 7) is 15.3. The largest absolute Gasteiger partial charge is 0.395 e. The molecule has 30 heavy (non-hydrogen) atoms. The molecule has 0 bridgehead atoms. The molecule has 1 fully saturated rings. The van der Waals surface area contributed by atoms with E-state index in [0.29, 0.717) is 18.2 Å². The molecule has 1 saturated heterocycles. The van der Waals surface area contributed by atoms with Crippen molar-refractivity contribution in [2.45, 2.75) is 79.6 Å². The molecule has 1 heterocycles. The highest BCUT2D eigenvalue weighted by molar-refractivity contribution is 5.76. The van der Waals surface area contributed by atoms with Crippen molar-refractivity contribution in [3.63, 3.8) is 0 Å². The van der Waals surface area contributed by atoms with Crippen LogP contribution in [0, 0.1) is 5.92 Å². The Morgan fingerprint density at radius 3 is 2.03 bits per heavy atom. The van der Waals surface area contributed by atoms with Gasteiger partial charge >= 0.3 is 0 Å². The molecule has 1 N–H and O–H groups in total. The third-order valence-electron chi connectivity index (χ3n) is 5.94. The second-order valence-electron chi connectivity index (χ2n) is 9.29. The summed E-state index contributed by atoms with van der Waals surface area (Å²) in [7, 11) is 0. The van der Waals surface area contributed by atoms with Gasteiger partial charge in [0.1, 0.15) is 0 Å². The number of nitrogens with zero attached hydrogens (tertiary/aromatic N) is 2. The molecular formula is C26H46N2O2. The first kappa shape index (κ1) is 26.6. The number of β-amino-alcohol motifs (C(OH)–C–C–N with tert-alkyl or cyclic N) is 1. The minimum Gasteiger partial charge on any atom is -0.395 e. The highest BCUT2D eigenvalue weighted by atomic mass is 16.3. The summed E-state index contributed by atoms with van der Waals surface area (Å²) in [6, 6.07) is 0. The summed E-state index contributed by atoms with van der Waals surface area (Å²) in [5.74, 6) is 0.717. The van der Waals surface area contributed by atoms with Crippen LogP contribution in [-0.2, 0) is 4.79 Å². The molecule has 0 aromatic carbocycles. The number of aliphatic hydroxyl groups is 1. The topological polar surface area (TPSA) is 43.8 Å². The maximum atomic E-state index is 12.5. The third kappa shape index (κ3) is 12.3. The molecule has 0 aliphatic carbocycles. The fraction of sp³-hybridized carbons (Fsp3) is 0.731. The summed E-state index contributed by atoms with van der Waals surface area (Å²) in [4.78, 5) is 16.7. The van der Waals surface area contributed by atoms with E-state index in [9.17, 15) is 4.79 Å². The van der Waals surface area contributed by atoms with Gasteiger partial charge in [0, 0.05) is 39.1 Å². The van der Waals surface area contributed by atoms with Crippen LogP contribution in [-0.4, -0.2) is 60.1 Å². The van der Waals surface area contributed by atoms with E-state index in [1.54, 1.807) is 0 Å². The van der Waals surface area contributed by atoms with Crippen LogP contribution in [0.25, 0.3) is 0 Å². The molecule has 172 valence electrons. The summed E-state index contributed by atoms with van der Waals surface area (Å²) in [5, 5.41) is 9.02. The number of carbonyl (C=O) groups is 1.